The first-order valence-electron chi connectivity index (χ1n) is 6.46. The monoisotopic (exact) mass is 332 g/mol. The van der Waals surface area contributed by atoms with E-state index in [9.17, 15) is 13.2 Å². The van der Waals surface area contributed by atoms with Crippen LogP contribution in [0.3, 0.4) is 0 Å². The number of sulfone groups is 1. The molecule has 1 atom stereocenters. The molecule has 8 heteroatoms. The molecule has 21 heavy (non-hydrogen) atoms. The summed E-state index contributed by atoms with van der Waals surface area (Å²) in [6, 6.07) is 2.68. The number of halogens is 1. The lowest BCUT2D eigenvalue weighted by atomic mass is 10.1. The summed E-state index contributed by atoms with van der Waals surface area (Å²) in [6.45, 7) is 0. The average molecular weight is 333 g/mol. The van der Waals surface area contributed by atoms with Gasteiger partial charge in [-0.2, -0.15) is 0 Å². The van der Waals surface area contributed by atoms with Crippen molar-refractivity contribution < 1.29 is 17.9 Å². The van der Waals surface area contributed by atoms with Crippen LogP contribution in [0.2, 0.25) is 5.02 Å². The molecule has 0 aromatic heterocycles. The molecular formula is C13H17ClN2O4S. The van der Waals surface area contributed by atoms with Crippen molar-refractivity contribution in [2.24, 2.45) is 0 Å². The van der Waals surface area contributed by atoms with Crippen LogP contribution >= 0.6 is 11.6 Å². The van der Waals surface area contributed by atoms with E-state index in [4.69, 9.17) is 22.1 Å². The van der Waals surface area contributed by atoms with Gasteiger partial charge in [-0.05, 0) is 25.0 Å². The predicted molar refractivity (Wildman–Crippen MR) is 82.5 cm³/mol. The first-order valence-corrected chi connectivity index (χ1v) is 8.66. The maximum absolute atomic E-state index is 11.8. The number of benzene rings is 1. The van der Waals surface area contributed by atoms with Crippen LogP contribution in [0.1, 0.15) is 23.2 Å². The van der Waals surface area contributed by atoms with Crippen molar-refractivity contribution in [3.8, 4) is 0 Å². The standard InChI is InChI=1S/C13H17ClN2O4S/c1-20-13(17)10-5-8(15)6-11(14)12(10)16-9-3-2-4-21(18,19)7-9/h5-6,9,16H,2-4,7,15H2,1H3. The minimum atomic E-state index is -3.06. The molecule has 1 aromatic rings. The number of hydrogen-bond acceptors (Lipinski definition) is 6. The highest BCUT2D eigenvalue weighted by Gasteiger charge is 2.27. The highest BCUT2D eigenvalue weighted by Crippen LogP contribution is 2.31. The van der Waals surface area contributed by atoms with E-state index in [1.54, 1.807) is 0 Å². The van der Waals surface area contributed by atoms with Crippen LogP contribution in [0, 0.1) is 0 Å². The molecule has 0 saturated carbocycles. The van der Waals surface area contributed by atoms with Crippen molar-refractivity contribution in [3.05, 3.63) is 22.7 Å². The quantitative estimate of drug-likeness (QED) is 0.645. The fourth-order valence-electron chi connectivity index (χ4n) is 2.39. The zero-order valence-electron chi connectivity index (χ0n) is 11.6. The summed E-state index contributed by atoms with van der Waals surface area (Å²) in [7, 11) is -1.80. The smallest absolute Gasteiger partial charge is 0.340 e. The Kier molecular flexibility index (Phi) is 4.63. The molecule has 0 radical (unpaired) electrons. The lowest BCUT2D eigenvalue weighted by Crippen LogP contribution is -2.35. The summed E-state index contributed by atoms with van der Waals surface area (Å²) in [5, 5.41) is 3.31. The summed E-state index contributed by atoms with van der Waals surface area (Å²) < 4.78 is 28.1. The van der Waals surface area contributed by atoms with Crippen LogP contribution < -0.4 is 11.1 Å². The van der Waals surface area contributed by atoms with Gasteiger partial charge >= 0.3 is 5.97 Å². The molecule has 0 spiro atoms. The minimum absolute atomic E-state index is 0.0221. The van der Waals surface area contributed by atoms with Gasteiger partial charge in [0, 0.05) is 11.7 Å². The van der Waals surface area contributed by atoms with Crippen LogP contribution in [0.4, 0.5) is 11.4 Å². The van der Waals surface area contributed by atoms with Crippen molar-refractivity contribution in [1.29, 1.82) is 0 Å². The number of anilines is 2. The number of hydrogen-bond donors (Lipinski definition) is 2. The molecule has 6 nitrogen and oxygen atoms in total. The number of ether oxygens (including phenoxy) is 1. The van der Waals surface area contributed by atoms with Gasteiger partial charge in [-0.3, -0.25) is 0 Å². The van der Waals surface area contributed by atoms with Crippen LogP contribution in [0.5, 0.6) is 0 Å². The fraction of sp³-hybridized carbons (Fsp3) is 0.462. The first kappa shape index (κ1) is 15.9. The SMILES string of the molecule is COC(=O)c1cc(N)cc(Cl)c1NC1CCCS(=O)(=O)C1. The second kappa shape index (κ2) is 6.11. The van der Waals surface area contributed by atoms with Gasteiger partial charge in [0.1, 0.15) is 0 Å². The van der Waals surface area contributed by atoms with E-state index in [0.29, 0.717) is 24.2 Å². The number of nitrogens with one attached hydrogen (secondary N) is 1. The third-order valence-electron chi connectivity index (χ3n) is 3.33. The molecule has 0 bridgehead atoms. The molecule has 1 aromatic carbocycles. The molecule has 1 saturated heterocycles. The normalized spacial score (nSPS) is 20.8. The maximum atomic E-state index is 11.8. The minimum Gasteiger partial charge on any atom is -0.465 e. The van der Waals surface area contributed by atoms with Gasteiger partial charge in [0.15, 0.2) is 9.84 Å². The Bertz CT molecular complexity index is 660. The average Bonchev–Trinajstić information content (AvgIpc) is 2.39. The predicted octanol–water partition coefficient (Wildman–Crippen LogP) is 1.70. The van der Waals surface area contributed by atoms with Crippen molar-refractivity contribution in [2.75, 3.05) is 29.7 Å². The Morgan fingerprint density at radius 2 is 2.19 bits per heavy atom. The van der Waals surface area contributed by atoms with Crippen LogP contribution in [-0.2, 0) is 14.6 Å². The fourth-order valence-corrected chi connectivity index (χ4v) is 4.30. The topological polar surface area (TPSA) is 98.5 Å². The Balaban J connectivity index is 2.33. The molecule has 0 amide bonds. The van der Waals surface area contributed by atoms with Crippen LogP contribution in [0.25, 0.3) is 0 Å². The highest BCUT2D eigenvalue weighted by atomic mass is 35.5. The number of nitrogen functional groups attached to an aromatic ring is 1. The lowest BCUT2D eigenvalue weighted by Gasteiger charge is -2.25. The third kappa shape index (κ3) is 3.79. The van der Waals surface area contributed by atoms with Crippen molar-refractivity contribution in [3.63, 3.8) is 0 Å². The molecule has 3 N–H and O–H groups in total. The highest BCUT2D eigenvalue weighted by molar-refractivity contribution is 7.91. The maximum Gasteiger partial charge on any atom is 0.340 e. The van der Waals surface area contributed by atoms with Crippen molar-refractivity contribution in [1.82, 2.24) is 0 Å². The summed E-state index contributed by atoms with van der Waals surface area (Å²) in [5.41, 5.74) is 6.58. The molecular weight excluding hydrogens is 316 g/mol. The summed E-state index contributed by atoms with van der Waals surface area (Å²) in [5.74, 6) is -0.357. The van der Waals surface area contributed by atoms with E-state index >= 15 is 0 Å². The van der Waals surface area contributed by atoms with Gasteiger partial charge < -0.3 is 15.8 Å². The van der Waals surface area contributed by atoms with E-state index in [1.165, 1.54) is 19.2 Å². The number of rotatable bonds is 3. The van der Waals surface area contributed by atoms with E-state index in [1.807, 2.05) is 0 Å². The largest absolute Gasteiger partial charge is 0.465 e. The van der Waals surface area contributed by atoms with Crippen LogP contribution in [0.15, 0.2) is 12.1 Å². The molecule has 1 aliphatic heterocycles. The zero-order chi connectivity index (χ0) is 15.6. The van der Waals surface area contributed by atoms with E-state index in [2.05, 4.69) is 5.32 Å². The number of carbonyl (C=O) groups is 1. The summed E-state index contributed by atoms with van der Waals surface area (Å²) >= 11 is 6.13. The molecule has 1 aliphatic rings. The molecule has 1 unspecified atom stereocenters. The van der Waals surface area contributed by atoms with Gasteiger partial charge in [0.25, 0.3) is 0 Å². The molecule has 2 rings (SSSR count). The Morgan fingerprint density at radius 1 is 1.48 bits per heavy atom. The summed E-state index contributed by atoms with van der Waals surface area (Å²) in [6.07, 6.45) is 1.28. The lowest BCUT2D eigenvalue weighted by molar-refractivity contribution is 0.0602. The van der Waals surface area contributed by atoms with Gasteiger partial charge in [-0.15, -0.1) is 0 Å². The van der Waals surface area contributed by atoms with Gasteiger partial charge in [-0.1, -0.05) is 11.6 Å². The number of methoxy groups -OCH3 is 1. The van der Waals surface area contributed by atoms with Crippen LogP contribution in [-0.4, -0.2) is 39.0 Å². The number of esters is 1. The zero-order valence-corrected chi connectivity index (χ0v) is 13.1. The van der Waals surface area contributed by atoms with E-state index in [0.717, 1.165) is 0 Å². The number of nitrogens with two attached hydrogens (primary N) is 1. The van der Waals surface area contributed by atoms with E-state index in [-0.39, 0.29) is 28.1 Å². The third-order valence-corrected chi connectivity index (χ3v) is 5.45. The molecule has 1 heterocycles. The van der Waals surface area contributed by atoms with Gasteiger partial charge in [0.05, 0.1) is 34.9 Å². The van der Waals surface area contributed by atoms with Gasteiger partial charge in [0.2, 0.25) is 0 Å². The first-order chi connectivity index (χ1) is 9.82. The Morgan fingerprint density at radius 3 is 2.81 bits per heavy atom. The van der Waals surface area contributed by atoms with Crippen molar-refractivity contribution >= 4 is 38.8 Å². The van der Waals surface area contributed by atoms with Gasteiger partial charge in [-0.25, -0.2) is 13.2 Å². The van der Waals surface area contributed by atoms with E-state index < -0.39 is 15.8 Å². The number of carbonyl (C=O) groups excluding carboxylic acids is 1. The second-order valence-electron chi connectivity index (χ2n) is 5.01. The molecule has 116 valence electrons. The molecule has 0 aliphatic carbocycles. The summed E-state index contributed by atoms with van der Waals surface area (Å²) in [4.78, 5) is 11.8. The Labute approximate surface area is 128 Å². The Hall–Kier alpha value is -1.47. The molecule has 1 fully saturated rings. The van der Waals surface area contributed by atoms with Crippen molar-refractivity contribution in [2.45, 2.75) is 18.9 Å². The second-order valence-corrected chi connectivity index (χ2v) is 7.65.